The number of allylic oxidation sites excluding steroid dienone is 4. The van der Waals surface area contributed by atoms with Gasteiger partial charge in [0.05, 0.1) is 7.11 Å². The lowest BCUT2D eigenvalue weighted by molar-refractivity contribution is -0.140. The van der Waals surface area contributed by atoms with E-state index < -0.39 is 0 Å². The van der Waals surface area contributed by atoms with E-state index in [0.717, 1.165) is 12.8 Å². The molecule has 0 saturated heterocycles. The molecule has 0 fully saturated rings. The van der Waals surface area contributed by atoms with Gasteiger partial charge in [0.2, 0.25) is 0 Å². The van der Waals surface area contributed by atoms with E-state index in [1.165, 1.54) is 64.9 Å². The van der Waals surface area contributed by atoms with Crippen LogP contribution >= 0.6 is 0 Å². The second kappa shape index (κ2) is 17.0. The highest BCUT2D eigenvalue weighted by molar-refractivity contribution is 5.68. The molecule has 0 spiro atoms. The highest BCUT2D eigenvalue weighted by atomic mass is 16.5. The molecule has 0 rings (SSSR count). The molecule has 0 aliphatic carbocycles. The van der Waals surface area contributed by atoms with Crippen LogP contribution in [0, 0.1) is 0 Å². The first-order valence-electron chi connectivity index (χ1n) is 8.69. The minimum Gasteiger partial charge on any atom is -0.469 e. The van der Waals surface area contributed by atoms with Gasteiger partial charge in [0, 0.05) is 6.42 Å². The predicted octanol–water partition coefficient (Wildman–Crippen LogP) is 5.97. The minimum absolute atomic E-state index is 0.0807. The first-order valence-corrected chi connectivity index (χ1v) is 8.69. The zero-order chi connectivity index (χ0) is 15.6. The number of esters is 1. The zero-order valence-corrected chi connectivity index (χ0v) is 14.1. The Hall–Kier alpha value is -1.05. The molecular weight excluding hydrogens is 260 g/mol. The monoisotopic (exact) mass is 294 g/mol. The summed E-state index contributed by atoms with van der Waals surface area (Å²) >= 11 is 0. The summed E-state index contributed by atoms with van der Waals surface area (Å²) in [7, 11) is 1.45. The van der Waals surface area contributed by atoms with Crippen LogP contribution in [0.1, 0.15) is 84.0 Å². The fraction of sp³-hybridized carbons (Fsp3) is 0.737. The molecule has 0 radical (unpaired) electrons. The molecule has 2 heteroatoms. The van der Waals surface area contributed by atoms with E-state index in [9.17, 15) is 4.79 Å². The first-order chi connectivity index (χ1) is 10.3. The van der Waals surface area contributed by atoms with Gasteiger partial charge in [-0.1, -0.05) is 69.8 Å². The summed E-state index contributed by atoms with van der Waals surface area (Å²) in [6, 6.07) is 0. The largest absolute Gasteiger partial charge is 0.469 e. The quantitative estimate of drug-likeness (QED) is 0.224. The molecule has 0 aliphatic heterocycles. The maximum Gasteiger partial charge on any atom is 0.305 e. The van der Waals surface area contributed by atoms with Crippen LogP contribution in [0.15, 0.2) is 24.3 Å². The maximum atomic E-state index is 10.9. The summed E-state index contributed by atoms with van der Waals surface area (Å²) in [6.07, 6.45) is 23.0. The van der Waals surface area contributed by atoms with Gasteiger partial charge in [0.1, 0.15) is 0 Å². The molecule has 122 valence electrons. The molecule has 0 amide bonds. The lowest BCUT2D eigenvalue weighted by Gasteiger charge is -2.00. The van der Waals surface area contributed by atoms with E-state index in [2.05, 4.69) is 36.0 Å². The zero-order valence-electron chi connectivity index (χ0n) is 14.1. The van der Waals surface area contributed by atoms with Gasteiger partial charge >= 0.3 is 5.97 Å². The number of carbonyl (C=O) groups is 1. The third kappa shape index (κ3) is 16.9. The Morgan fingerprint density at radius 1 is 0.810 bits per heavy atom. The van der Waals surface area contributed by atoms with Gasteiger partial charge in [-0.2, -0.15) is 0 Å². The van der Waals surface area contributed by atoms with Crippen LogP contribution in [0.3, 0.4) is 0 Å². The van der Waals surface area contributed by atoms with Crippen molar-refractivity contribution in [3.05, 3.63) is 24.3 Å². The summed E-state index contributed by atoms with van der Waals surface area (Å²) in [4.78, 5) is 10.9. The van der Waals surface area contributed by atoms with Crippen molar-refractivity contribution in [2.24, 2.45) is 0 Å². The molecule has 0 unspecified atom stereocenters. The topological polar surface area (TPSA) is 26.3 Å². The smallest absolute Gasteiger partial charge is 0.305 e. The van der Waals surface area contributed by atoms with Crippen molar-refractivity contribution >= 4 is 5.97 Å². The molecule has 0 bridgehead atoms. The van der Waals surface area contributed by atoms with Gasteiger partial charge in [0.15, 0.2) is 0 Å². The van der Waals surface area contributed by atoms with Gasteiger partial charge in [-0.05, 0) is 32.1 Å². The van der Waals surface area contributed by atoms with Gasteiger partial charge in [0.25, 0.3) is 0 Å². The number of unbranched alkanes of at least 4 members (excludes halogenated alkanes) is 9. The summed E-state index contributed by atoms with van der Waals surface area (Å²) in [5, 5.41) is 0. The van der Waals surface area contributed by atoms with Crippen LogP contribution in [0.2, 0.25) is 0 Å². The number of hydrogen-bond acceptors (Lipinski definition) is 2. The second-order valence-electron chi connectivity index (χ2n) is 5.59. The van der Waals surface area contributed by atoms with Crippen molar-refractivity contribution in [2.45, 2.75) is 84.0 Å². The van der Waals surface area contributed by atoms with Crippen LogP contribution in [-0.2, 0) is 9.53 Å². The van der Waals surface area contributed by atoms with Crippen molar-refractivity contribution in [3.63, 3.8) is 0 Å². The standard InChI is InChI=1S/C19H34O2/c1-3-4-5-6-7-8-9-10-11-12-13-14-15-16-17-18-19(20)21-2/h7-10H,3-6,11-18H2,1-2H3/b8-7-,10-9-. The lowest BCUT2D eigenvalue weighted by Crippen LogP contribution is -1.99. The number of ether oxygens (including phenoxy) is 1. The number of carbonyl (C=O) groups excluding carboxylic acids is 1. The van der Waals surface area contributed by atoms with Crippen molar-refractivity contribution in [1.29, 1.82) is 0 Å². The number of methoxy groups -OCH3 is 1. The number of hydrogen-bond donors (Lipinski definition) is 0. The summed E-state index contributed by atoms with van der Waals surface area (Å²) in [5.74, 6) is -0.0807. The highest BCUT2D eigenvalue weighted by Gasteiger charge is 1.98. The van der Waals surface area contributed by atoms with Crippen molar-refractivity contribution in [2.75, 3.05) is 7.11 Å². The summed E-state index contributed by atoms with van der Waals surface area (Å²) < 4.78 is 4.62. The first kappa shape index (κ1) is 19.9. The average Bonchev–Trinajstić information content (AvgIpc) is 2.50. The third-order valence-corrected chi connectivity index (χ3v) is 3.59. The van der Waals surface area contributed by atoms with Crippen molar-refractivity contribution in [3.8, 4) is 0 Å². The van der Waals surface area contributed by atoms with Gasteiger partial charge in [-0.15, -0.1) is 0 Å². The van der Waals surface area contributed by atoms with Crippen LogP contribution in [0.4, 0.5) is 0 Å². The molecule has 0 N–H and O–H groups in total. The predicted molar refractivity (Wildman–Crippen MR) is 91.4 cm³/mol. The Bertz CT molecular complexity index is 279. The van der Waals surface area contributed by atoms with E-state index >= 15 is 0 Å². The van der Waals surface area contributed by atoms with Crippen molar-refractivity contribution in [1.82, 2.24) is 0 Å². The van der Waals surface area contributed by atoms with Gasteiger partial charge in [-0.25, -0.2) is 0 Å². The Morgan fingerprint density at radius 2 is 1.33 bits per heavy atom. The fourth-order valence-electron chi connectivity index (χ4n) is 2.20. The molecule has 21 heavy (non-hydrogen) atoms. The maximum absolute atomic E-state index is 10.9. The molecule has 0 saturated carbocycles. The lowest BCUT2D eigenvalue weighted by atomic mass is 10.1. The van der Waals surface area contributed by atoms with Gasteiger partial charge < -0.3 is 4.74 Å². The molecular formula is C19H34O2. The normalized spacial score (nSPS) is 11.5. The second-order valence-corrected chi connectivity index (χ2v) is 5.59. The highest BCUT2D eigenvalue weighted by Crippen LogP contribution is 2.09. The molecule has 0 aromatic carbocycles. The molecule has 0 aromatic rings. The molecule has 0 atom stereocenters. The fourth-order valence-corrected chi connectivity index (χ4v) is 2.20. The van der Waals surface area contributed by atoms with E-state index in [4.69, 9.17) is 0 Å². The molecule has 0 aliphatic rings. The third-order valence-electron chi connectivity index (χ3n) is 3.59. The van der Waals surface area contributed by atoms with Crippen LogP contribution < -0.4 is 0 Å². The minimum atomic E-state index is -0.0807. The molecule has 2 nitrogen and oxygen atoms in total. The summed E-state index contributed by atoms with van der Waals surface area (Å²) in [5.41, 5.74) is 0. The SMILES string of the molecule is CCCCC/C=C\C=C/CCCCCCCCC(=O)OC. The Balaban J connectivity index is 3.19. The van der Waals surface area contributed by atoms with Crippen LogP contribution in [-0.4, -0.2) is 13.1 Å². The molecule has 0 aromatic heterocycles. The average molecular weight is 294 g/mol. The van der Waals surface area contributed by atoms with E-state index in [0.29, 0.717) is 6.42 Å². The Kier molecular flexibility index (Phi) is 16.2. The van der Waals surface area contributed by atoms with Gasteiger partial charge in [-0.3, -0.25) is 4.79 Å². The van der Waals surface area contributed by atoms with E-state index in [1.807, 2.05) is 0 Å². The van der Waals surface area contributed by atoms with E-state index in [-0.39, 0.29) is 5.97 Å². The number of rotatable bonds is 14. The van der Waals surface area contributed by atoms with Crippen LogP contribution in [0.5, 0.6) is 0 Å². The van der Waals surface area contributed by atoms with Crippen molar-refractivity contribution < 1.29 is 9.53 Å². The van der Waals surface area contributed by atoms with Crippen LogP contribution in [0.25, 0.3) is 0 Å². The molecule has 0 heterocycles. The summed E-state index contributed by atoms with van der Waals surface area (Å²) in [6.45, 7) is 2.24. The Labute approximate surface area is 131 Å². The van der Waals surface area contributed by atoms with E-state index in [1.54, 1.807) is 0 Å². The Morgan fingerprint density at radius 3 is 1.90 bits per heavy atom.